The molecule has 9 nitrogen and oxygen atoms in total. The van der Waals surface area contributed by atoms with Crippen molar-refractivity contribution in [2.24, 2.45) is 0 Å². The van der Waals surface area contributed by atoms with Gasteiger partial charge in [-0.1, -0.05) is 0 Å². The molecule has 0 radical (unpaired) electrons. The number of aromatic hydroxyl groups is 1. The first-order valence-electron chi connectivity index (χ1n) is 9.19. The third kappa shape index (κ3) is 3.72. The maximum atomic E-state index is 12.3. The van der Waals surface area contributed by atoms with Gasteiger partial charge in [-0.25, -0.2) is 14.8 Å². The number of aromatic nitrogens is 5. The Morgan fingerprint density at radius 3 is 2.72 bits per heavy atom. The predicted molar refractivity (Wildman–Crippen MR) is 108 cm³/mol. The maximum absolute atomic E-state index is 12.3. The first-order chi connectivity index (χ1) is 13.9. The van der Waals surface area contributed by atoms with E-state index >= 15 is 0 Å². The summed E-state index contributed by atoms with van der Waals surface area (Å²) in [4.78, 5) is 38.5. The van der Waals surface area contributed by atoms with Crippen LogP contribution in [-0.4, -0.2) is 36.2 Å². The molecule has 2 aliphatic heterocycles. The zero-order valence-electron chi connectivity index (χ0n) is 16.1. The predicted octanol–water partition coefficient (Wildman–Crippen LogP) is 1.09. The average Bonchev–Trinajstić information content (AvgIpc) is 2.66. The molecule has 0 saturated carbocycles. The summed E-state index contributed by atoms with van der Waals surface area (Å²) < 4.78 is 1.85. The second kappa shape index (κ2) is 7.44. The van der Waals surface area contributed by atoms with E-state index in [0.29, 0.717) is 25.2 Å². The van der Waals surface area contributed by atoms with Crippen LogP contribution in [0, 0.1) is 13.8 Å². The van der Waals surface area contributed by atoms with Gasteiger partial charge in [0, 0.05) is 31.9 Å². The van der Waals surface area contributed by atoms with E-state index in [9.17, 15) is 14.7 Å². The standard InChI is InChI=1S/C20H20N6O3/c1-11-7-14-15(8-12(11)2)26(18-17(23-14)19(28)25-20(29)24-18)6-5-21-10-13-3-4-22-16(27)9-13/h3-4,7-9,21H,5-6,10H2,1-2H3,(H,22,27)(H,25,28,29). The van der Waals surface area contributed by atoms with Crippen molar-refractivity contribution in [3.63, 3.8) is 0 Å². The largest absolute Gasteiger partial charge is 0.493 e. The number of aryl methyl sites for hydroxylation is 2. The summed E-state index contributed by atoms with van der Waals surface area (Å²) in [6.07, 6.45) is 1.54. The van der Waals surface area contributed by atoms with Crippen molar-refractivity contribution in [3.05, 3.63) is 68.0 Å². The lowest BCUT2D eigenvalue weighted by Crippen LogP contribution is -2.30. The SMILES string of the molecule is Cc1cc2nc3c(=O)[nH]c(=O)nc-3n(CCNCc3ccnc(O)c3)c2cc1C. The number of rotatable bonds is 5. The average molecular weight is 392 g/mol. The second-order valence-electron chi connectivity index (χ2n) is 6.93. The molecule has 1 aromatic heterocycles. The van der Waals surface area contributed by atoms with Crippen LogP contribution in [-0.2, 0) is 13.1 Å². The number of nitrogens with zero attached hydrogens (tertiary/aromatic N) is 4. The molecule has 2 aliphatic rings. The first-order valence-corrected chi connectivity index (χ1v) is 9.19. The summed E-state index contributed by atoms with van der Waals surface area (Å²) in [6.45, 7) is 5.56. The smallest absolute Gasteiger partial charge is 0.349 e. The summed E-state index contributed by atoms with van der Waals surface area (Å²) in [7, 11) is 0. The Balaban J connectivity index is 1.71. The molecule has 0 bridgehead atoms. The minimum absolute atomic E-state index is 0.0259. The lowest BCUT2D eigenvalue weighted by atomic mass is 10.1. The highest BCUT2D eigenvalue weighted by Crippen LogP contribution is 2.23. The van der Waals surface area contributed by atoms with Gasteiger partial charge in [0.05, 0.1) is 11.0 Å². The Morgan fingerprint density at radius 2 is 1.93 bits per heavy atom. The molecule has 0 atom stereocenters. The summed E-state index contributed by atoms with van der Waals surface area (Å²) in [6, 6.07) is 7.33. The quantitative estimate of drug-likeness (QED) is 0.343. The highest BCUT2D eigenvalue weighted by molar-refractivity contribution is 5.81. The first kappa shape index (κ1) is 18.8. The fourth-order valence-corrected chi connectivity index (χ4v) is 3.27. The molecule has 0 saturated heterocycles. The highest BCUT2D eigenvalue weighted by Gasteiger charge is 2.19. The molecule has 4 rings (SSSR count). The Morgan fingerprint density at radius 1 is 1.14 bits per heavy atom. The molecule has 9 heteroatoms. The topological polar surface area (TPSA) is 126 Å². The van der Waals surface area contributed by atoms with Gasteiger partial charge in [0.2, 0.25) is 5.88 Å². The van der Waals surface area contributed by atoms with Crippen LogP contribution in [0.25, 0.3) is 22.6 Å². The number of hydrogen-bond acceptors (Lipinski definition) is 7. The van der Waals surface area contributed by atoms with Crippen LogP contribution in [0.1, 0.15) is 16.7 Å². The fraction of sp³-hybridized carbons (Fsp3) is 0.250. The van der Waals surface area contributed by atoms with E-state index in [0.717, 1.165) is 22.2 Å². The summed E-state index contributed by atoms with van der Waals surface area (Å²) in [5.74, 6) is 0.236. The number of hydrogen-bond donors (Lipinski definition) is 3. The highest BCUT2D eigenvalue weighted by atomic mass is 16.3. The van der Waals surface area contributed by atoms with E-state index in [-0.39, 0.29) is 17.4 Å². The minimum Gasteiger partial charge on any atom is -0.493 e. The normalized spacial score (nSPS) is 11.4. The lowest BCUT2D eigenvalue weighted by Gasteiger charge is -2.18. The van der Waals surface area contributed by atoms with Gasteiger partial charge in [-0.2, -0.15) is 4.98 Å². The van der Waals surface area contributed by atoms with Crippen molar-refractivity contribution in [1.82, 2.24) is 29.8 Å². The van der Waals surface area contributed by atoms with E-state index in [1.54, 1.807) is 12.3 Å². The molecule has 0 aliphatic carbocycles. The van der Waals surface area contributed by atoms with Crippen molar-refractivity contribution in [3.8, 4) is 17.4 Å². The van der Waals surface area contributed by atoms with E-state index in [1.807, 2.05) is 36.6 Å². The zero-order chi connectivity index (χ0) is 20.5. The Hall–Kier alpha value is -3.59. The zero-order valence-corrected chi connectivity index (χ0v) is 16.1. The van der Waals surface area contributed by atoms with E-state index in [2.05, 4.69) is 25.3 Å². The number of fused-ring (bicyclic) bond motifs is 2. The van der Waals surface area contributed by atoms with Crippen molar-refractivity contribution < 1.29 is 5.11 Å². The molecule has 0 unspecified atom stereocenters. The Bertz CT molecular complexity index is 1290. The molecule has 0 amide bonds. The second-order valence-corrected chi connectivity index (χ2v) is 6.93. The third-order valence-electron chi connectivity index (χ3n) is 4.88. The number of H-pyrrole nitrogens is 1. The van der Waals surface area contributed by atoms with Gasteiger partial charge in [0.15, 0.2) is 11.5 Å². The van der Waals surface area contributed by atoms with Crippen LogP contribution < -0.4 is 16.6 Å². The molecule has 3 heterocycles. The fourth-order valence-electron chi connectivity index (χ4n) is 3.27. The number of pyridine rings is 1. The van der Waals surface area contributed by atoms with Crippen molar-refractivity contribution >= 4 is 11.0 Å². The molecule has 148 valence electrons. The van der Waals surface area contributed by atoms with E-state index in [4.69, 9.17) is 0 Å². The number of benzene rings is 1. The van der Waals surface area contributed by atoms with E-state index < -0.39 is 11.2 Å². The van der Waals surface area contributed by atoms with Crippen molar-refractivity contribution in [2.75, 3.05) is 6.54 Å². The van der Waals surface area contributed by atoms with Crippen LogP contribution in [0.4, 0.5) is 0 Å². The molecule has 29 heavy (non-hydrogen) atoms. The summed E-state index contributed by atoms with van der Waals surface area (Å²) in [5, 5.41) is 12.8. The van der Waals surface area contributed by atoms with Gasteiger partial charge in [0.1, 0.15) is 0 Å². The molecule has 2 aromatic rings. The van der Waals surface area contributed by atoms with Crippen LogP contribution in [0.5, 0.6) is 5.88 Å². The molecule has 3 N–H and O–H groups in total. The third-order valence-corrected chi connectivity index (χ3v) is 4.88. The monoisotopic (exact) mass is 392 g/mol. The maximum Gasteiger partial charge on any atom is 0.349 e. The molecular formula is C20H20N6O3. The molecule has 0 spiro atoms. The number of nitrogens with one attached hydrogen (secondary N) is 2. The van der Waals surface area contributed by atoms with Crippen LogP contribution in [0.2, 0.25) is 0 Å². The molecule has 1 aromatic carbocycles. The number of aromatic amines is 1. The minimum atomic E-state index is -0.693. The molecule has 0 fully saturated rings. The van der Waals surface area contributed by atoms with E-state index in [1.165, 1.54) is 0 Å². The Kier molecular flexibility index (Phi) is 4.81. The van der Waals surface area contributed by atoms with Gasteiger partial charge >= 0.3 is 5.69 Å². The van der Waals surface area contributed by atoms with Gasteiger partial charge in [-0.15, -0.1) is 0 Å². The Labute approximate surface area is 165 Å². The van der Waals surface area contributed by atoms with Crippen molar-refractivity contribution in [2.45, 2.75) is 26.9 Å². The summed E-state index contributed by atoms with van der Waals surface area (Å²) >= 11 is 0. The van der Waals surface area contributed by atoms with Gasteiger partial charge in [-0.3, -0.25) is 9.78 Å². The van der Waals surface area contributed by atoms with Gasteiger partial charge < -0.3 is 15.0 Å². The van der Waals surface area contributed by atoms with Crippen LogP contribution >= 0.6 is 0 Å². The summed E-state index contributed by atoms with van der Waals surface area (Å²) in [5.41, 5.74) is 3.42. The lowest BCUT2D eigenvalue weighted by molar-refractivity contribution is 0.452. The van der Waals surface area contributed by atoms with Gasteiger partial charge in [-0.05, 0) is 48.7 Å². The van der Waals surface area contributed by atoms with Crippen LogP contribution in [0.15, 0.2) is 40.1 Å². The molecular weight excluding hydrogens is 372 g/mol. The van der Waals surface area contributed by atoms with Gasteiger partial charge in [0.25, 0.3) is 5.56 Å². The van der Waals surface area contributed by atoms with Crippen molar-refractivity contribution in [1.29, 1.82) is 0 Å². The van der Waals surface area contributed by atoms with Crippen LogP contribution in [0.3, 0.4) is 0 Å².